The molecule has 0 saturated carbocycles. The van der Waals surface area contributed by atoms with Crippen LogP contribution >= 0.6 is 0 Å². The molecule has 0 atom stereocenters. The van der Waals surface area contributed by atoms with Crippen LogP contribution in [-0.2, 0) is 20.0 Å². The Kier molecular flexibility index (Phi) is 4.73. The standard InChI is InChI=1S/C14H15FN2O4S2/c1-2-17(12-8-6-11(15)7-9-12)23(20,21)14-5-3-4-13(10-14)22(16,18)19/h3-10H,2H2,1H3,(H2,16,18,19). The Balaban J connectivity index is 2.54. The van der Waals surface area contributed by atoms with Gasteiger partial charge in [0.2, 0.25) is 10.0 Å². The molecule has 2 N–H and O–H groups in total. The van der Waals surface area contributed by atoms with Crippen LogP contribution in [-0.4, -0.2) is 23.4 Å². The average Bonchev–Trinajstić information content (AvgIpc) is 2.49. The molecular weight excluding hydrogens is 343 g/mol. The van der Waals surface area contributed by atoms with Crippen molar-refractivity contribution < 1.29 is 21.2 Å². The molecule has 0 saturated heterocycles. The normalized spacial score (nSPS) is 12.1. The Labute approximate surface area is 134 Å². The number of sulfonamides is 2. The third-order valence-corrected chi connectivity index (χ3v) is 5.93. The van der Waals surface area contributed by atoms with E-state index in [0.717, 1.165) is 22.5 Å². The van der Waals surface area contributed by atoms with Crippen molar-refractivity contribution in [2.24, 2.45) is 5.14 Å². The Hall–Kier alpha value is -1.97. The fourth-order valence-corrected chi connectivity index (χ4v) is 4.19. The van der Waals surface area contributed by atoms with E-state index in [1.54, 1.807) is 6.92 Å². The van der Waals surface area contributed by atoms with E-state index in [1.165, 1.54) is 30.3 Å². The molecule has 0 aliphatic carbocycles. The van der Waals surface area contributed by atoms with Gasteiger partial charge in [-0.25, -0.2) is 26.4 Å². The summed E-state index contributed by atoms with van der Waals surface area (Å²) in [5.41, 5.74) is 0.273. The molecule has 0 fully saturated rings. The first-order valence-corrected chi connectivity index (χ1v) is 9.56. The summed E-state index contributed by atoms with van der Waals surface area (Å²) >= 11 is 0. The maximum absolute atomic E-state index is 13.0. The van der Waals surface area contributed by atoms with Crippen molar-refractivity contribution in [2.75, 3.05) is 10.8 Å². The molecule has 6 nitrogen and oxygen atoms in total. The molecule has 0 aliphatic heterocycles. The third kappa shape index (κ3) is 3.69. The lowest BCUT2D eigenvalue weighted by atomic mass is 10.3. The zero-order chi connectivity index (χ0) is 17.3. The number of nitrogens with two attached hydrogens (primary N) is 1. The van der Waals surface area contributed by atoms with Crippen LogP contribution in [0.3, 0.4) is 0 Å². The summed E-state index contributed by atoms with van der Waals surface area (Å²) in [5.74, 6) is -0.488. The number of hydrogen-bond acceptors (Lipinski definition) is 4. The molecule has 23 heavy (non-hydrogen) atoms. The van der Waals surface area contributed by atoms with E-state index in [1.807, 2.05) is 0 Å². The topological polar surface area (TPSA) is 97.5 Å². The summed E-state index contributed by atoms with van der Waals surface area (Å²) in [6.07, 6.45) is 0. The second-order valence-electron chi connectivity index (χ2n) is 4.67. The van der Waals surface area contributed by atoms with E-state index in [4.69, 9.17) is 5.14 Å². The highest BCUT2D eigenvalue weighted by atomic mass is 32.2. The van der Waals surface area contributed by atoms with Crippen molar-refractivity contribution in [2.45, 2.75) is 16.7 Å². The number of anilines is 1. The summed E-state index contributed by atoms with van der Waals surface area (Å²) in [6.45, 7) is 1.71. The van der Waals surface area contributed by atoms with Gasteiger partial charge in [-0.05, 0) is 49.4 Å². The van der Waals surface area contributed by atoms with Gasteiger partial charge in [-0.15, -0.1) is 0 Å². The van der Waals surface area contributed by atoms with E-state index >= 15 is 0 Å². The molecule has 0 unspecified atom stereocenters. The highest BCUT2D eigenvalue weighted by Gasteiger charge is 2.25. The molecule has 0 spiro atoms. The van der Waals surface area contributed by atoms with E-state index in [2.05, 4.69) is 0 Å². The second-order valence-corrected chi connectivity index (χ2v) is 8.09. The summed E-state index contributed by atoms with van der Waals surface area (Å²) in [6, 6.07) is 9.74. The summed E-state index contributed by atoms with van der Waals surface area (Å²) < 4.78 is 62.3. The number of benzene rings is 2. The molecule has 2 aromatic rings. The van der Waals surface area contributed by atoms with Crippen LogP contribution in [0, 0.1) is 5.82 Å². The van der Waals surface area contributed by atoms with Crippen LogP contribution in [0.15, 0.2) is 58.3 Å². The lowest BCUT2D eigenvalue weighted by Crippen LogP contribution is -2.31. The van der Waals surface area contributed by atoms with Gasteiger partial charge in [0, 0.05) is 6.54 Å². The molecule has 0 radical (unpaired) electrons. The van der Waals surface area contributed by atoms with Gasteiger partial charge in [-0.1, -0.05) is 6.07 Å². The molecule has 0 aromatic heterocycles. The smallest absolute Gasteiger partial charge is 0.264 e. The van der Waals surface area contributed by atoms with E-state index in [0.29, 0.717) is 0 Å². The van der Waals surface area contributed by atoms with Crippen molar-refractivity contribution >= 4 is 25.7 Å². The predicted octanol–water partition coefficient (Wildman–Crippen LogP) is 1.69. The van der Waals surface area contributed by atoms with Gasteiger partial charge in [0.1, 0.15) is 5.82 Å². The van der Waals surface area contributed by atoms with Gasteiger partial charge >= 0.3 is 0 Å². The first-order chi connectivity index (χ1) is 10.7. The first kappa shape index (κ1) is 17.4. The molecular formula is C14H15FN2O4S2. The molecule has 124 valence electrons. The zero-order valence-electron chi connectivity index (χ0n) is 12.2. The van der Waals surface area contributed by atoms with Crippen LogP contribution in [0.2, 0.25) is 0 Å². The second kappa shape index (κ2) is 6.26. The van der Waals surface area contributed by atoms with Gasteiger partial charge in [-0.2, -0.15) is 0 Å². The van der Waals surface area contributed by atoms with Crippen LogP contribution in [0.25, 0.3) is 0 Å². The maximum Gasteiger partial charge on any atom is 0.264 e. The van der Waals surface area contributed by atoms with Gasteiger partial charge in [-0.3, -0.25) is 4.31 Å². The quantitative estimate of drug-likeness (QED) is 0.879. The Morgan fingerprint density at radius 3 is 2.09 bits per heavy atom. The minimum absolute atomic E-state index is 0.0908. The fourth-order valence-electron chi connectivity index (χ4n) is 2.04. The van der Waals surface area contributed by atoms with Gasteiger partial charge in [0.15, 0.2) is 0 Å². The average molecular weight is 358 g/mol. The predicted molar refractivity (Wildman–Crippen MR) is 84.4 cm³/mol. The highest BCUT2D eigenvalue weighted by molar-refractivity contribution is 7.93. The molecule has 0 heterocycles. The zero-order valence-corrected chi connectivity index (χ0v) is 13.8. The van der Waals surface area contributed by atoms with Crippen LogP contribution in [0.4, 0.5) is 10.1 Å². The van der Waals surface area contributed by atoms with Crippen LogP contribution in [0.5, 0.6) is 0 Å². The Morgan fingerprint density at radius 1 is 1.00 bits per heavy atom. The van der Waals surface area contributed by atoms with Crippen molar-refractivity contribution in [1.82, 2.24) is 0 Å². The number of rotatable bonds is 5. The summed E-state index contributed by atoms with van der Waals surface area (Å²) in [5, 5.41) is 5.03. The first-order valence-electron chi connectivity index (χ1n) is 6.57. The van der Waals surface area contributed by atoms with Gasteiger partial charge in [0.05, 0.1) is 15.5 Å². The minimum Gasteiger partial charge on any atom is -0.267 e. The number of halogens is 1. The molecule has 0 bridgehead atoms. The van der Waals surface area contributed by atoms with Crippen molar-refractivity contribution in [3.05, 3.63) is 54.3 Å². The SMILES string of the molecule is CCN(c1ccc(F)cc1)S(=O)(=O)c1cccc(S(N)(=O)=O)c1. The van der Waals surface area contributed by atoms with Crippen molar-refractivity contribution in [3.8, 4) is 0 Å². The van der Waals surface area contributed by atoms with Crippen molar-refractivity contribution in [1.29, 1.82) is 0 Å². The van der Waals surface area contributed by atoms with Crippen LogP contribution < -0.4 is 9.44 Å². The van der Waals surface area contributed by atoms with Crippen LogP contribution in [0.1, 0.15) is 6.92 Å². The largest absolute Gasteiger partial charge is 0.267 e. The Bertz CT molecular complexity index is 910. The minimum atomic E-state index is -4.02. The highest BCUT2D eigenvalue weighted by Crippen LogP contribution is 2.25. The third-order valence-electron chi connectivity index (χ3n) is 3.12. The number of primary sulfonamides is 1. The number of nitrogens with zero attached hydrogens (tertiary/aromatic N) is 1. The molecule has 0 amide bonds. The van der Waals surface area contributed by atoms with Crippen molar-refractivity contribution in [3.63, 3.8) is 0 Å². The molecule has 2 aromatic carbocycles. The van der Waals surface area contributed by atoms with Gasteiger partial charge < -0.3 is 0 Å². The lowest BCUT2D eigenvalue weighted by Gasteiger charge is -2.23. The molecule has 0 aliphatic rings. The monoisotopic (exact) mass is 358 g/mol. The van der Waals surface area contributed by atoms with Gasteiger partial charge in [0.25, 0.3) is 10.0 Å². The summed E-state index contributed by atoms with van der Waals surface area (Å²) in [7, 11) is -8.03. The van der Waals surface area contributed by atoms with E-state index in [-0.39, 0.29) is 22.0 Å². The Morgan fingerprint density at radius 2 is 1.57 bits per heavy atom. The number of hydrogen-bond donors (Lipinski definition) is 1. The van der Waals surface area contributed by atoms with E-state index in [9.17, 15) is 21.2 Å². The maximum atomic E-state index is 13.0. The molecule has 9 heteroatoms. The van der Waals surface area contributed by atoms with E-state index < -0.39 is 25.9 Å². The fraction of sp³-hybridized carbons (Fsp3) is 0.143. The summed E-state index contributed by atoms with van der Waals surface area (Å²) in [4.78, 5) is -0.510. The molecule has 2 rings (SSSR count). The lowest BCUT2D eigenvalue weighted by molar-refractivity contribution is 0.590.